The Morgan fingerprint density at radius 3 is 2.62 bits per heavy atom. The number of hydrogen-bond donors (Lipinski definition) is 0. The molecule has 2 aromatic rings. The molecule has 2 amide bonds. The van der Waals surface area contributed by atoms with Crippen LogP contribution in [0.15, 0.2) is 48.5 Å². The molecule has 0 radical (unpaired) electrons. The number of aryl methyl sites for hydroxylation is 2. The zero-order valence-corrected chi connectivity index (χ0v) is 15.1. The number of carbonyl (C=O) groups excluding carboxylic acids is 2. The molecule has 2 aromatic carbocycles. The van der Waals surface area contributed by atoms with Crippen molar-refractivity contribution in [3.05, 3.63) is 65.5 Å². The maximum Gasteiger partial charge on any atom is 0.249 e. The van der Waals surface area contributed by atoms with Gasteiger partial charge in [-0.25, -0.2) is 4.39 Å². The van der Waals surface area contributed by atoms with Crippen molar-refractivity contribution >= 4 is 17.5 Å². The molecule has 5 heteroatoms. The van der Waals surface area contributed by atoms with Crippen LogP contribution in [0.25, 0.3) is 0 Å². The minimum Gasteiger partial charge on any atom is -0.329 e. The first-order valence-electron chi connectivity index (χ1n) is 8.88. The summed E-state index contributed by atoms with van der Waals surface area (Å²) in [5, 5.41) is 0. The van der Waals surface area contributed by atoms with Crippen molar-refractivity contribution in [1.29, 1.82) is 0 Å². The van der Waals surface area contributed by atoms with Crippen molar-refractivity contribution in [3.63, 3.8) is 0 Å². The van der Waals surface area contributed by atoms with E-state index in [1.54, 1.807) is 24.0 Å². The molecule has 1 saturated heterocycles. The summed E-state index contributed by atoms with van der Waals surface area (Å²) in [7, 11) is 0. The van der Waals surface area contributed by atoms with E-state index in [9.17, 15) is 14.0 Å². The van der Waals surface area contributed by atoms with Crippen LogP contribution in [-0.4, -0.2) is 35.8 Å². The van der Waals surface area contributed by atoms with Gasteiger partial charge in [-0.2, -0.15) is 0 Å². The zero-order chi connectivity index (χ0) is 18.7. The highest BCUT2D eigenvalue weighted by Crippen LogP contribution is 2.25. The topological polar surface area (TPSA) is 40.6 Å². The van der Waals surface area contributed by atoms with Gasteiger partial charge >= 0.3 is 0 Å². The molecule has 4 nitrogen and oxygen atoms in total. The highest BCUT2D eigenvalue weighted by molar-refractivity contribution is 6.00. The number of benzene rings is 2. The lowest BCUT2D eigenvalue weighted by molar-refractivity contribution is -0.140. The number of anilines is 1. The molecule has 0 N–H and O–H groups in total. The molecule has 0 aliphatic carbocycles. The molecule has 0 aromatic heterocycles. The number of halogens is 1. The van der Waals surface area contributed by atoms with Crippen LogP contribution in [0.1, 0.15) is 24.5 Å². The Balaban J connectivity index is 1.67. The van der Waals surface area contributed by atoms with Gasteiger partial charge in [-0.15, -0.1) is 0 Å². The van der Waals surface area contributed by atoms with E-state index < -0.39 is 11.9 Å². The SMILES string of the molecule is Cc1ccc(F)c(N2CCN(C(=O)CCc3ccccc3)[C@@H](C)C2=O)c1. The van der Waals surface area contributed by atoms with Gasteiger partial charge in [0.05, 0.1) is 5.69 Å². The third-order valence-electron chi connectivity index (χ3n) is 4.84. The highest BCUT2D eigenvalue weighted by atomic mass is 19.1. The molecular formula is C21H23FN2O2. The van der Waals surface area contributed by atoms with Gasteiger partial charge in [0.2, 0.25) is 11.8 Å². The molecule has 0 saturated carbocycles. The van der Waals surface area contributed by atoms with Crippen LogP contribution >= 0.6 is 0 Å². The lowest BCUT2D eigenvalue weighted by atomic mass is 10.1. The molecule has 1 heterocycles. The first-order valence-corrected chi connectivity index (χ1v) is 8.88. The third-order valence-corrected chi connectivity index (χ3v) is 4.84. The standard InChI is InChI=1S/C21H23FN2O2/c1-15-8-10-18(22)19(14-15)24-13-12-23(16(2)21(24)26)20(25)11-9-17-6-4-3-5-7-17/h3-8,10,14,16H,9,11-13H2,1-2H3/t16-/m0/s1. The summed E-state index contributed by atoms with van der Waals surface area (Å²) in [6, 6.07) is 13.9. The van der Waals surface area contributed by atoms with Crippen LogP contribution in [0, 0.1) is 12.7 Å². The van der Waals surface area contributed by atoms with Crippen LogP contribution in [-0.2, 0) is 16.0 Å². The van der Waals surface area contributed by atoms with E-state index in [2.05, 4.69) is 0 Å². The van der Waals surface area contributed by atoms with Gasteiger partial charge in [-0.05, 0) is 43.5 Å². The largest absolute Gasteiger partial charge is 0.329 e. The lowest BCUT2D eigenvalue weighted by Gasteiger charge is -2.39. The molecule has 0 spiro atoms. The molecular weight excluding hydrogens is 331 g/mol. The van der Waals surface area contributed by atoms with Crippen LogP contribution in [0.5, 0.6) is 0 Å². The van der Waals surface area contributed by atoms with Crippen molar-refractivity contribution in [1.82, 2.24) is 4.90 Å². The minimum absolute atomic E-state index is 0.0425. The van der Waals surface area contributed by atoms with Gasteiger partial charge in [-0.3, -0.25) is 9.59 Å². The smallest absolute Gasteiger partial charge is 0.249 e. The predicted molar refractivity (Wildman–Crippen MR) is 99.4 cm³/mol. The van der Waals surface area contributed by atoms with Crippen LogP contribution < -0.4 is 4.90 Å². The van der Waals surface area contributed by atoms with Crippen molar-refractivity contribution in [2.45, 2.75) is 32.7 Å². The molecule has 0 unspecified atom stereocenters. The second-order valence-corrected chi connectivity index (χ2v) is 6.69. The molecule has 1 atom stereocenters. The average Bonchev–Trinajstić information content (AvgIpc) is 2.65. The van der Waals surface area contributed by atoms with Crippen molar-refractivity contribution in [2.24, 2.45) is 0 Å². The Hall–Kier alpha value is -2.69. The van der Waals surface area contributed by atoms with E-state index in [4.69, 9.17) is 0 Å². The highest BCUT2D eigenvalue weighted by Gasteiger charge is 2.35. The van der Waals surface area contributed by atoms with Gasteiger partial charge in [0.15, 0.2) is 0 Å². The molecule has 1 aliphatic rings. The normalized spacial score (nSPS) is 17.5. The number of nitrogens with zero attached hydrogens (tertiary/aromatic N) is 2. The minimum atomic E-state index is -0.591. The van der Waals surface area contributed by atoms with Gasteiger partial charge in [0.25, 0.3) is 0 Å². The van der Waals surface area contributed by atoms with Crippen molar-refractivity contribution in [2.75, 3.05) is 18.0 Å². The van der Waals surface area contributed by atoms with E-state index in [0.717, 1.165) is 11.1 Å². The Bertz CT molecular complexity index is 807. The summed E-state index contributed by atoms with van der Waals surface area (Å²) in [6.07, 6.45) is 1.01. The third kappa shape index (κ3) is 3.77. The summed E-state index contributed by atoms with van der Waals surface area (Å²) < 4.78 is 14.1. The van der Waals surface area contributed by atoms with Crippen molar-refractivity contribution in [3.8, 4) is 0 Å². The fraction of sp³-hybridized carbons (Fsp3) is 0.333. The van der Waals surface area contributed by atoms with Gasteiger partial charge in [0, 0.05) is 19.5 Å². The van der Waals surface area contributed by atoms with E-state index in [-0.39, 0.29) is 11.8 Å². The van der Waals surface area contributed by atoms with Crippen LogP contribution in [0.2, 0.25) is 0 Å². The Kier molecular flexibility index (Phi) is 5.35. The molecule has 136 valence electrons. The molecule has 26 heavy (non-hydrogen) atoms. The first kappa shape index (κ1) is 18.1. The lowest BCUT2D eigenvalue weighted by Crippen LogP contribution is -2.58. The zero-order valence-electron chi connectivity index (χ0n) is 15.1. The summed E-state index contributed by atoms with van der Waals surface area (Å²) in [6.45, 7) is 4.29. The number of piperazine rings is 1. The summed E-state index contributed by atoms with van der Waals surface area (Å²) >= 11 is 0. The fourth-order valence-corrected chi connectivity index (χ4v) is 3.32. The van der Waals surface area contributed by atoms with E-state index in [0.29, 0.717) is 31.6 Å². The summed E-state index contributed by atoms with van der Waals surface area (Å²) in [5.41, 5.74) is 2.28. The quantitative estimate of drug-likeness (QED) is 0.845. The number of rotatable bonds is 4. The molecule has 1 fully saturated rings. The monoisotopic (exact) mass is 354 g/mol. The van der Waals surface area contributed by atoms with E-state index in [1.807, 2.05) is 37.3 Å². The summed E-state index contributed by atoms with van der Waals surface area (Å²) in [4.78, 5) is 28.4. The van der Waals surface area contributed by atoms with Crippen LogP contribution in [0.4, 0.5) is 10.1 Å². The summed E-state index contributed by atoms with van der Waals surface area (Å²) in [5.74, 6) is -0.701. The Morgan fingerprint density at radius 2 is 1.88 bits per heavy atom. The van der Waals surface area contributed by atoms with E-state index in [1.165, 1.54) is 11.0 Å². The fourth-order valence-electron chi connectivity index (χ4n) is 3.32. The van der Waals surface area contributed by atoms with Gasteiger partial charge in [-0.1, -0.05) is 36.4 Å². The maximum atomic E-state index is 14.1. The predicted octanol–water partition coefficient (Wildman–Crippen LogP) is 3.33. The second kappa shape index (κ2) is 7.68. The van der Waals surface area contributed by atoms with Gasteiger partial charge < -0.3 is 9.80 Å². The number of amides is 2. The molecule has 1 aliphatic heterocycles. The van der Waals surface area contributed by atoms with Gasteiger partial charge in [0.1, 0.15) is 11.9 Å². The van der Waals surface area contributed by atoms with E-state index >= 15 is 0 Å². The average molecular weight is 354 g/mol. The van der Waals surface area contributed by atoms with Crippen LogP contribution in [0.3, 0.4) is 0 Å². The Morgan fingerprint density at radius 1 is 1.15 bits per heavy atom. The first-order chi connectivity index (χ1) is 12.5. The maximum absolute atomic E-state index is 14.1. The van der Waals surface area contributed by atoms with Crippen molar-refractivity contribution < 1.29 is 14.0 Å². The second-order valence-electron chi connectivity index (χ2n) is 6.69. The number of carbonyl (C=O) groups is 2. The molecule has 0 bridgehead atoms. The number of hydrogen-bond acceptors (Lipinski definition) is 2. The Labute approximate surface area is 153 Å². The molecule has 3 rings (SSSR count).